The van der Waals surface area contributed by atoms with Crippen LogP contribution in [-0.2, 0) is 9.59 Å². The lowest BCUT2D eigenvalue weighted by atomic mass is 10.1. The van der Waals surface area contributed by atoms with E-state index in [-0.39, 0.29) is 35.2 Å². The number of amidine groups is 1. The predicted octanol–water partition coefficient (Wildman–Crippen LogP) is 5.34. The van der Waals surface area contributed by atoms with Crippen molar-refractivity contribution in [2.45, 2.75) is 16.6 Å². The minimum absolute atomic E-state index is 0.0356. The number of carbonyl (C=O) groups excluding carboxylic acids is 3. The second-order valence-electron chi connectivity index (χ2n) is 9.00. The molecule has 0 saturated carbocycles. The first kappa shape index (κ1) is 27.4. The molecule has 4 aromatic rings. The average Bonchev–Trinajstić information content (AvgIpc) is 3.36. The molecule has 1 unspecified atom stereocenters. The van der Waals surface area contributed by atoms with Gasteiger partial charge in [0.1, 0.15) is 11.1 Å². The number of benzene rings is 4. The van der Waals surface area contributed by atoms with Crippen LogP contribution in [0.15, 0.2) is 119 Å². The van der Waals surface area contributed by atoms with Crippen LogP contribution in [0.2, 0.25) is 0 Å². The number of thioether (sulfide) groups is 1. The van der Waals surface area contributed by atoms with Crippen LogP contribution in [0.4, 0.5) is 11.4 Å². The number of hydrogen-bond donors (Lipinski definition) is 3. The molecule has 4 aromatic carbocycles. The zero-order valence-electron chi connectivity index (χ0n) is 21.6. The first-order valence-electron chi connectivity index (χ1n) is 12.6. The SMILES string of the molecule is O=C(O)c1ccccc1C(=O)Nc1cccc(SC(C(=O)NC2=NN(c3ccccc3)C(=O)C2)c2ccccc2)c1. The van der Waals surface area contributed by atoms with Crippen molar-refractivity contribution in [2.75, 3.05) is 10.3 Å². The van der Waals surface area contributed by atoms with E-state index in [1.165, 1.54) is 28.9 Å². The van der Waals surface area contributed by atoms with Gasteiger partial charge in [-0.25, -0.2) is 4.79 Å². The number of carboxylic acid groups (broad SMARTS) is 1. The fraction of sp³-hybridized carbons (Fsp3) is 0.0645. The summed E-state index contributed by atoms with van der Waals surface area (Å²) in [4.78, 5) is 51.2. The summed E-state index contributed by atoms with van der Waals surface area (Å²) >= 11 is 1.27. The van der Waals surface area contributed by atoms with Gasteiger partial charge in [-0.3, -0.25) is 14.4 Å². The van der Waals surface area contributed by atoms with Gasteiger partial charge in [0.2, 0.25) is 5.91 Å². The Morgan fingerprint density at radius 1 is 0.805 bits per heavy atom. The van der Waals surface area contributed by atoms with Crippen LogP contribution in [0.25, 0.3) is 0 Å². The van der Waals surface area contributed by atoms with E-state index in [0.717, 1.165) is 5.56 Å². The van der Waals surface area contributed by atoms with Crippen molar-refractivity contribution in [2.24, 2.45) is 5.10 Å². The Balaban J connectivity index is 1.35. The third kappa shape index (κ3) is 6.51. The maximum Gasteiger partial charge on any atom is 0.336 e. The third-order valence-corrected chi connectivity index (χ3v) is 7.38. The quantitative estimate of drug-likeness (QED) is 0.248. The maximum absolute atomic E-state index is 13.5. The zero-order chi connectivity index (χ0) is 28.8. The summed E-state index contributed by atoms with van der Waals surface area (Å²) in [6.45, 7) is 0. The fourth-order valence-electron chi connectivity index (χ4n) is 4.23. The molecule has 0 bridgehead atoms. The second-order valence-corrected chi connectivity index (χ2v) is 10.2. The lowest BCUT2D eigenvalue weighted by molar-refractivity contribution is -0.119. The highest BCUT2D eigenvalue weighted by atomic mass is 32.2. The second kappa shape index (κ2) is 12.3. The highest BCUT2D eigenvalue weighted by Gasteiger charge is 2.29. The number of hydrazone groups is 1. The van der Waals surface area contributed by atoms with E-state index < -0.39 is 17.1 Å². The molecule has 5 rings (SSSR count). The zero-order valence-corrected chi connectivity index (χ0v) is 22.4. The summed E-state index contributed by atoms with van der Waals surface area (Å²) in [5, 5.41) is 19.9. The normalized spacial score (nSPS) is 13.3. The van der Waals surface area contributed by atoms with Crippen molar-refractivity contribution < 1.29 is 24.3 Å². The van der Waals surface area contributed by atoms with E-state index in [9.17, 15) is 24.3 Å². The van der Waals surface area contributed by atoms with Gasteiger partial charge in [-0.2, -0.15) is 10.1 Å². The van der Waals surface area contributed by atoms with Gasteiger partial charge >= 0.3 is 5.97 Å². The van der Waals surface area contributed by atoms with Crippen LogP contribution in [0, 0.1) is 0 Å². The Labute approximate surface area is 239 Å². The molecule has 0 fully saturated rings. The van der Waals surface area contributed by atoms with Gasteiger partial charge in [0.15, 0.2) is 0 Å². The van der Waals surface area contributed by atoms with Crippen molar-refractivity contribution in [3.63, 3.8) is 0 Å². The molecule has 0 saturated heterocycles. The summed E-state index contributed by atoms with van der Waals surface area (Å²) in [6, 6.07) is 31.1. The topological polar surface area (TPSA) is 128 Å². The number of carbonyl (C=O) groups is 4. The third-order valence-electron chi connectivity index (χ3n) is 6.13. The minimum Gasteiger partial charge on any atom is -0.478 e. The summed E-state index contributed by atoms with van der Waals surface area (Å²) in [5.74, 6) is -2.11. The molecule has 3 N–H and O–H groups in total. The number of carboxylic acids is 1. The Bertz CT molecular complexity index is 1640. The van der Waals surface area contributed by atoms with Crippen molar-refractivity contribution in [3.05, 3.63) is 126 Å². The highest BCUT2D eigenvalue weighted by molar-refractivity contribution is 8.00. The summed E-state index contributed by atoms with van der Waals surface area (Å²) in [7, 11) is 0. The van der Waals surface area contributed by atoms with Crippen molar-refractivity contribution in [1.82, 2.24) is 5.32 Å². The number of nitrogens with one attached hydrogen (secondary N) is 2. The first-order chi connectivity index (χ1) is 19.9. The minimum atomic E-state index is -1.20. The van der Waals surface area contributed by atoms with Crippen LogP contribution in [0.5, 0.6) is 0 Å². The molecule has 0 radical (unpaired) electrons. The Kier molecular flexibility index (Phi) is 8.21. The Morgan fingerprint density at radius 2 is 1.46 bits per heavy atom. The van der Waals surface area contributed by atoms with Gasteiger partial charge in [0, 0.05) is 10.6 Å². The highest BCUT2D eigenvalue weighted by Crippen LogP contribution is 2.36. The molecule has 0 aliphatic carbocycles. The van der Waals surface area contributed by atoms with Crippen LogP contribution < -0.4 is 15.6 Å². The number of nitrogens with zero attached hydrogens (tertiary/aromatic N) is 2. The number of para-hydroxylation sites is 1. The molecule has 3 amide bonds. The van der Waals surface area contributed by atoms with Gasteiger partial charge in [-0.15, -0.1) is 11.8 Å². The number of amides is 3. The molecule has 204 valence electrons. The van der Waals surface area contributed by atoms with Crippen LogP contribution >= 0.6 is 11.8 Å². The van der Waals surface area contributed by atoms with Crippen LogP contribution in [0.3, 0.4) is 0 Å². The first-order valence-corrected chi connectivity index (χ1v) is 13.5. The lowest BCUT2D eigenvalue weighted by Crippen LogP contribution is -2.33. The molecule has 0 aromatic heterocycles. The number of hydrogen-bond acceptors (Lipinski definition) is 6. The molecule has 0 spiro atoms. The number of anilines is 2. The van der Waals surface area contributed by atoms with E-state index in [2.05, 4.69) is 15.7 Å². The number of aromatic carboxylic acids is 1. The molecule has 1 aliphatic rings. The predicted molar refractivity (Wildman–Crippen MR) is 157 cm³/mol. The van der Waals surface area contributed by atoms with Gasteiger partial charge in [0.05, 0.1) is 23.2 Å². The number of rotatable bonds is 8. The smallest absolute Gasteiger partial charge is 0.336 e. The van der Waals surface area contributed by atoms with E-state index in [1.807, 2.05) is 42.5 Å². The van der Waals surface area contributed by atoms with Gasteiger partial charge in [-0.05, 0) is 48.0 Å². The molecule has 1 atom stereocenters. The Morgan fingerprint density at radius 3 is 2.17 bits per heavy atom. The molecule has 1 heterocycles. The fourth-order valence-corrected chi connectivity index (χ4v) is 5.31. The van der Waals surface area contributed by atoms with Crippen molar-refractivity contribution in [3.8, 4) is 0 Å². The van der Waals surface area contributed by atoms with Gasteiger partial charge in [-0.1, -0.05) is 66.7 Å². The van der Waals surface area contributed by atoms with Crippen LogP contribution in [-0.4, -0.2) is 34.6 Å². The molecule has 9 nitrogen and oxygen atoms in total. The van der Waals surface area contributed by atoms with Crippen molar-refractivity contribution >= 4 is 52.7 Å². The van der Waals surface area contributed by atoms with Gasteiger partial charge in [0.25, 0.3) is 11.8 Å². The maximum atomic E-state index is 13.5. The van der Waals surface area contributed by atoms with E-state index in [1.54, 1.807) is 54.6 Å². The molecule has 1 aliphatic heterocycles. The van der Waals surface area contributed by atoms with Crippen LogP contribution in [0.1, 0.15) is 38.0 Å². The van der Waals surface area contributed by atoms with Crippen molar-refractivity contribution in [1.29, 1.82) is 0 Å². The molecule has 41 heavy (non-hydrogen) atoms. The molecule has 10 heteroatoms. The van der Waals surface area contributed by atoms with E-state index in [4.69, 9.17) is 0 Å². The Hall–Kier alpha value is -5.22. The summed E-state index contributed by atoms with van der Waals surface area (Å²) < 4.78 is 0. The average molecular weight is 565 g/mol. The standard InChI is InChI=1S/C31H24N4O5S/c36-27-19-26(34-35(27)22-13-5-2-6-14-22)33-30(38)28(20-10-3-1-4-11-20)41-23-15-9-12-21(18-23)32-29(37)24-16-7-8-17-25(24)31(39)40/h1-18,28H,19H2,(H,32,37)(H,39,40)(H,33,34,38). The summed E-state index contributed by atoms with van der Waals surface area (Å²) in [5.41, 5.74) is 1.73. The molecular formula is C31H24N4O5S. The van der Waals surface area contributed by atoms with Gasteiger partial charge < -0.3 is 15.7 Å². The monoisotopic (exact) mass is 564 g/mol. The van der Waals surface area contributed by atoms with E-state index >= 15 is 0 Å². The van der Waals surface area contributed by atoms with E-state index in [0.29, 0.717) is 16.3 Å². The molecular weight excluding hydrogens is 540 g/mol. The lowest BCUT2D eigenvalue weighted by Gasteiger charge is -2.17. The largest absolute Gasteiger partial charge is 0.478 e. The summed E-state index contributed by atoms with van der Waals surface area (Å²) in [6.07, 6.45) is -0.0356.